The minimum atomic E-state index is -1.34. The number of halogens is 1. The highest BCUT2D eigenvalue weighted by molar-refractivity contribution is 7.84. The number of fused-ring (bicyclic) bond motifs is 1. The van der Waals surface area contributed by atoms with E-state index in [1.54, 1.807) is 0 Å². The SMILES string of the molecule is Nc1nc(/C(=N/OC(c2ccccc2)(c2ccccc2)c2ccccc2)C(=O)NC2C(=O)N3C(C(=O)OC(c4ccccc4)c4ccccc4)=C(S)CCC23)c(Cl)s1. The lowest BCUT2D eigenvalue weighted by Crippen LogP contribution is -2.72. The van der Waals surface area contributed by atoms with Gasteiger partial charge in [0.25, 0.3) is 11.8 Å². The number of amides is 2. The van der Waals surface area contributed by atoms with Gasteiger partial charge in [-0.15, -0.1) is 12.6 Å². The minimum absolute atomic E-state index is 0.00769. The zero-order valence-corrected chi connectivity index (χ0v) is 33.2. The van der Waals surface area contributed by atoms with Crippen LogP contribution in [0.25, 0.3) is 0 Å². The first kappa shape index (κ1) is 38.7. The second-order valence-corrected chi connectivity index (χ2v) is 15.8. The van der Waals surface area contributed by atoms with E-state index in [0.717, 1.165) is 39.2 Å². The highest BCUT2D eigenvalue weighted by Crippen LogP contribution is 2.42. The normalized spacial score (nSPS) is 16.7. The molecule has 0 radical (unpaired) electrons. The number of carbonyl (C=O) groups is 3. The highest BCUT2D eigenvalue weighted by atomic mass is 35.5. The fourth-order valence-electron chi connectivity index (χ4n) is 7.44. The van der Waals surface area contributed by atoms with Crippen molar-refractivity contribution >= 4 is 64.2 Å². The molecule has 10 nitrogen and oxygen atoms in total. The van der Waals surface area contributed by atoms with Crippen LogP contribution < -0.4 is 11.1 Å². The van der Waals surface area contributed by atoms with Crippen LogP contribution in [0.4, 0.5) is 5.13 Å². The van der Waals surface area contributed by atoms with E-state index in [4.69, 9.17) is 26.9 Å². The number of oxime groups is 1. The van der Waals surface area contributed by atoms with Crippen molar-refractivity contribution < 1.29 is 24.0 Å². The first-order valence-corrected chi connectivity index (χ1v) is 20.1. The van der Waals surface area contributed by atoms with Crippen LogP contribution in [0.2, 0.25) is 4.34 Å². The number of nitrogen functional groups attached to an aromatic ring is 1. The molecule has 3 heterocycles. The third kappa shape index (κ3) is 7.37. The lowest BCUT2D eigenvalue weighted by atomic mass is 9.80. The van der Waals surface area contributed by atoms with Crippen LogP contribution in [-0.4, -0.2) is 45.5 Å². The number of ether oxygens (including phenoxy) is 1. The van der Waals surface area contributed by atoms with Crippen molar-refractivity contribution in [3.05, 3.63) is 200 Å². The van der Waals surface area contributed by atoms with E-state index in [2.05, 4.69) is 28.1 Å². The van der Waals surface area contributed by atoms with Gasteiger partial charge in [0.1, 0.15) is 21.8 Å². The molecular weight excluding hydrogens is 790 g/mol. The highest BCUT2D eigenvalue weighted by Gasteiger charge is 2.54. The average molecular weight is 826 g/mol. The van der Waals surface area contributed by atoms with Gasteiger partial charge in [-0.3, -0.25) is 14.5 Å². The van der Waals surface area contributed by atoms with Crippen molar-refractivity contribution in [2.75, 3.05) is 5.73 Å². The maximum Gasteiger partial charge on any atom is 0.356 e. The fourth-order valence-corrected chi connectivity index (χ4v) is 8.69. The van der Waals surface area contributed by atoms with Crippen molar-refractivity contribution in [1.82, 2.24) is 15.2 Å². The predicted octanol–water partition coefficient (Wildman–Crippen LogP) is 8.06. The van der Waals surface area contributed by atoms with Gasteiger partial charge in [0.15, 0.2) is 16.9 Å². The summed E-state index contributed by atoms with van der Waals surface area (Å²) < 4.78 is 6.25. The van der Waals surface area contributed by atoms with E-state index < -0.39 is 41.6 Å². The Hall–Kier alpha value is -6.21. The van der Waals surface area contributed by atoms with Crippen molar-refractivity contribution in [3.8, 4) is 0 Å². The molecule has 0 saturated carbocycles. The fraction of sp³-hybridized carbons (Fsp3) is 0.133. The Balaban J connectivity index is 1.11. The first-order chi connectivity index (χ1) is 28.3. The molecule has 0 bridgehead atoms. The second kappa shape index (κ2) is 16.7. The van der Waals surface area contributed by atoms with Crippen LogP contribution in [-0.2, 0) is 29.6 Å². The van der Waals surface area contributed by atoms with Gasteiger partial charge in [-0.25, -0.2) is 9.78 Å². The number of thiol groups is 1. The summed E-state index contributed by atoms with van der Waals surface area (Å²) in [5, 5.41) is 7.50. The maximum atomic E-state index is 14.4. The lowest BCUT2D eigenvalue weighted by molar-refractivity contribution is -0.158. The Bertz CT molecular complexity index is 2370. The molecule has 6 aromatic rings. The number of rotatable bonds is 12. The van der Waals surface area contributed by atoms with Gasteiger partial charge in [-0.1, -0.05) is 180 Å². The van der Waals surface area contributed by atoms with E-state index in [-0.39, 0.29) is 26.6 Å². The van der Waals surface area contributed by atoms with Crippen LogP contribution >= 0.6 is 35.6 Å². The quantitative estimate of drug-likeness (QED) is 0.0284. The number of hydrogen-bond acceptors (Lipinski definition) is 10. The van der Waals surface area contributed by atoms with Gasteiger partial charge in [0.2, 0.25) is 5.60 Å². The summed E-state index contributed by atoms with van der Waals surface area (Å²) in [7, 11) is 0. The number of carbonyl (C=O) groups excluding carboxylic acids is 3. The summed E-state index contributed by atoms with van der Waals surface area (Å²) >= 11 is 12.2. The minimum Gasteiger partial charge on any atom is -0.448 e. The number of nitrogens with two attached hydrogens (primary N) is 1. The molecule has 2 atom stereocenters. The summed E-state index contributed by atoms with van der Waals surface area (Å²) in [5.74, 6) is -1.99. The molecule has 8 rings (SSSR count). The van der Waals surface area contributed by atoms with Gasteiger partial charge in [-0.05, 0) is 24.0 Å². The lowest BCUT2D eigenvalue weighted by Gasteiger charge is -2.50. The number of hydrogen-bond donors (Lipinski definition) is 3. The van der Waals surface area contributed by atoms with Crippen LogP contribution in [0.15, 0.2) is 167 Å². The van der Waals surface area contributed by atoms with E-state index in [1.807, 2.05) is 152 Å². The van der Waals surface area contributed by atoms with E-state index in [1.165, 1.54) is 4.90 Å². The standard InChI is InChI=1S/C45H36ClN5O5S2/c46-40-36(49-44(47)58-40)37(50-56-45(30-20-10-3-11-21-30,31-22-12-4-13-23-31)32-24-14-5-15-25-32)41(52)48-35-33-26-27-34(57)38(51(33)42(35)53)43(54)55-39(28-16-6-1-7-17-28)29-18-8-2-9-19-29/h1-25,33,35,39,57H,26-27H2,(H2,47,49)(H,48,52)/b50-37-. The number of anilines is 1. The van der Waals surface area contributed by atoms with Crippen LogP contribution in [0.3, 0.4) is 0 Å². The zero-order valence-electron chi connectivity index (χ0n) is 30.8. The van der Waals surface area contributed by atoms with Gasteiger partial charge >= 0.3 is 5.97 Å². The molecule has 290 valence electrons. The molecule has 0 spiro atoms. The van der Waals surface area contributed by atoms with Gasteiger partial charge < -0.3 is 20.6 Å². The monoisotopic (exact) mass is 825 g/mol. The Morgan fingerprint density at radius 2 is 1.31 bits per heavy atom. The van der Waals surface area contributed by atoms with E-state index in [0.29, 0.717) is 17.7 Å². The summed E-state index contributed by atoms with van der Waals surface area (Å²) in [6.07, 6.45) is 0.0707. The topological polar surface area (TPSA) is 136 Å². The molecule has 2 aliphatic heterocycles. The van der Waals surface area contributed by atoms with Crippen molar-refractivity contribution in [3.63, 3.8) is 0 Å². The summed E-state index contributed by atoms with van der Waals surface area (Å²) in [6, 6.07) is 45.7. The van der Waals surface area contributed by atoms with Gasteiger partial charge in [0, 0.05) is 21.6 Å². The smallest absolute Gasteiger partial charge is 0.356 e. The van der Waals surface area contributed by atoms with Crippen molar-refractivity contribution in [2.24, 2.45) is 5.16 Å². The number of thiazole rings is 1. The molecular formula is C45H36ClN5O5S2. The predicted molar refractivity (Wildman–Crippen MR) is 227 cm³/mol. The second-order valence-electron chi connectivity index (χ2n) is 13.7. The molecule has 3 N–H and O–H groups in total. The van der Waals surface area contributed by atoms with Crippen LogP contribution in [0, 0.1) is 0 Å². The van der Waals surface area contributed by atoms with Crippen LogP contribution in [0.5, 0.6) is 0 Å². The largest absolute Gasteiger partial charge is 0.448 e. The molecule has 58 heavy (non-hydrogen) atoms. The van der Waals surface area contributed by atoms with Gasteiger partial charge in [-0.2, -0.15) is 0 Å². The number of allylic oxidation sites excluding steroid dienone is 1. The Labute approximate surface area is 349 Å². The van der Waals surface area contributed by atoms with Gasteiger partial charge in [0.05, 0.1) is 6.04 Å². The Kier molecular flexibility index (Phi) is 11.1. The van der Waals surface area contributed by atoms with E-state index >= 15 is 0 Å². The number of β-lactam (4-membered cyclic amide) rings is 1. The molecule has 1 fully saturated rings. The molecule has 1 saturated heterocycles. The number of aromatic nitrogens is 1. The zero-order chi connectivity index (χ0) is 40.2. The number of benzene rings is 5. The Morgan fingerprint density at radius 1 is 0.828 bits per heavy atom. The third-order valence-corrected chi connectivity index (χ3v) is 11.7. The molecule has 1 aromatic heterocycles. The molecule has 5 aromatic carbocycles. The summed E-state index contributed by atoms with van der Waals surface area (Å²) in [6.45, 7) is 0. The summed E-state index contributed by atoms with van der Waals surface area (Å²) in [4.78, 5) is 55.3. The molecule has 13 heteroatoms. The maximum absolute atomic E-state index is 14.4. The molecule has 0 aliphatic carbocycles. The van der Waals surface area contributed by atoms with Crippen molar-refractivity contribution in [1.29, 1.82) is 0 Å². The van der Waals surface area contributed by atoms with Crippen molar-refractivity contribution in [2.45, 2.75) is 36.6 Å². The average Bonchev–Trinajstić information content (AvgIpc) is 3.61. The third-order valence-electron chi connectivity index (χ3n) is 10.2. The molecule has 2 amide bonds. The molecule has 2 unspecified atom stereocenters. The first-order valence-electron chi connectivity index (χ1n) is 18.5. The van der Waals surface area contributed by atoms with E-state index in [9.17, 15) is 14.4 Å². The van der Waals surface area contributed by atoms with Crippen LogP contribution in [0.1, 0.15) is 52.5 Å². The number of esters is 1. The number of nitrogens with zero attached hydrogens (tertiary/aromatic N) is 3. The summed E-state index contributed by atoms with van der Waals surface area (Å²) in [5.41, 5.74) is 8.22. The Morgan fingerprint density at radius 3 is 1.78 bits per heavy atom. The molecule has 2 aliphatic rings. The number of nitrogens with one attached hydrogen (secondary N) is 1.